The van der Waals surface area contributed by atoms with Gasteiger partial charge in [-0.1, -0.05) is 40.2 Å². The van der Waals surface area contributed by atoms with E-state index in [9.17, 15) is 5.11 Å². The molecule has 0 radical (unpaired) electrons. The third-order valence-electron chi connectivity index (χ3n) is 5.29. The smallest absolute Gasteiger partial charge is 0.125 e. The quantitative estimate of drug-likeness (QED) is 0.569. The highest BCUT2D eigenvalue weighted by atomic mass is 16.5. The molecule has 2 unspecified atom stereocenters. The zero-order valence-corrected chi connectivity index (χ0v) is 17.5. The Bertz CT molecular complexity index is 530. The van der Waals surface area contributed by atoms with E-state index in [1.54, 1.807) is 7.11 Å². The van der Waals surface area contributed by atoms with Crippen molar-refractivity contribution in [2.24, 2.45) is 17.6 Å². The molecule has 0 spiro atoms. The molecule has 4 heteroatoms. The number of aliphatic hydroxyl groups is 1. The average molecular weight is 366 g/mol. The van der Waals surface area contributed by atoms with Crippen LogP contribution in [0.15, 0.2) is 18.2 Å². The highest BCUT2D eigenvalue weighted by Gasteiger charge is 2.28. The van der Waals surface area contributed by atoms with Crippen molar-refractivity contribution in [1.82, 2.24) is 0 Å². The number of nitrogens with two attached hydrogens (primary N) is 1. The second-order valence-corrected chi connectivity index (χ2v) is 8.27. The molecule has 0 aliphatic carbocycles. The predicted octanol–water partition coefficient (Wildman–Crippen LogP) is 4.57. The van der Waals surface area contributed by atoms with E-state index in [0.29, 0.717) is 6.42 Å². The van der Waals surface area contributed by atoms with Gasteiger partial charge < -0.3 is 20.3 Å². The lowest BCUT2D eigenvalue weighted by molar-refractivity contribution is 0.146. The van der Waals surface area contributed by atoms with E-state index in [-0.39, 0.29) is 18.6 Å². The van der Waals surface area contributed by atoms with Crippen molar-refractivity contribution in [3.63, 3.8) is 0 Å². The van der Waals surface area contributed by atoms with Gasteiger partial charge in [0.2, 0.25) is 0 Å². The Kier molecular flexibility index (Phi) is 9.45. The van der Waals surface area contributed by atoms with E-state index in [1.807, 2.05) is 32.0 Å². The monoisotopic (exact) mass is 365 g/mol. The number of aryl methyl sites for hydroxylation is 1. The van der Waals surface area contributed by atoms with Crippen LogP contribution in [0.4, 0.5) is 0 Å². The van der Waals surface area contributed by atoms with Crippen molar-refractivity contribution in [3.05, 3.63) is 23.8 Å². The topological polar surface area (TPSA) is 64.7 Å². The molecule has 150 valence electrons. The van der Waals surface area contributed by atoms with Crippen LogP contribution in [0.3, 0.4) is 0 Å². The summed E-state index contributed by atoms with van der Waals surface area (Å²) >= 11 is 0. The molecule has 0 aliphatic heterocycles. The van der Waals surface area contributed by atoms with Gasteiger partial charge in [-0.25, -0.2) is 0 Å². The normalized spacial score (nSPS) is 15.2. The van der Waals surface area contributed by atoms with Crippen molar-refractivity contribution in [2.75, 3.05) is 13.7 Å². The van der Waals surface area contributed by atoms with Gasteiger partial charge in [0.25, 0.3) is 0 Å². The highest BCUT2D eigenvalue weighted by molar-refractivity contribution is 5.41. The second kappa shape index (κ2) is 10.8. The van der Waals surface area contributed by atoms with Gasteiger partial charge >= 0.3 is 0 Å². The van der Waals surface area contributed by atoms with Crippen LogP contribution in [0.5, 0.6) is 11.5 Å². The summed E-state index contributed by atoms with van der Waals surface area (Å²) < 4.78 is 11.6. The van der Waals surface area contributed by atoms with Gasteiger partial charge in [0.15, 0.2) is 0 Å². The Labute approximate surface area is 160 Å². The van der Waals surface area contributed by atoms with Crippen LogP contribution < -0.4 is 15.2 Å². The first-order valence-corrected chi connectivity index (χ1v) is 9.95. The number of hydrogen-bond donors (Lipinski definition) is 2. The van der Waals surface area contributed by atoms with Gasteiger partial charge in [-0.2, -0.15) is 0 Å². The van der Waals surface area contributed by atoms with Crippen LogP contribution in [0.25, 0.3) is 0 Å². The van der Waals surface area contributed by atoms with Gasteiger partial charge in [-0.15, -0.1) is 0 Å². The fourth-order valence-corrected chi connectivity index (χ4v) is 3.03. The zero-order valence-electron chi connectivity index (χ0n) is 17.5. The third kappa shape index (κ3) is 7.16. The predicted molar refractivity (Wildman–Crippen MR) is 109 cm³/mol. The van der Waals surface area contributed by atoms with Crippen molar-refractivity contribution in [2.45, 2.75) is 78.4 Å². The van der Waals surface area contributed by atoms with Crippen LogP contribution >= 0.6 is 0 Å². The van der Waals surface area contributed by atoms with Gasteiger partial charge in [-0.3, -0.25) is 0 Å². The lowest BCUT2D eigenvalue weighted by Gasteiger charge is -2.31. The molecule has 4 nitrogen and oxygen atoms in total. The molecule has 1 aromatic carbocycles. The van der Waals surface area contributed by atoms with Crippen molar-refractivity contribution >= 4 is 0 Å². The van der Waals surface area contributed by atoms with Crippen molar-refractivity contribution in [3.8, 4) is 11.5 Å². The summed E-state index contributed by atoms with van der Waals surface area (Å²) in [5.74, 6) is 2.61. The molecule has 0 amide bonds. The molecular formula is C22H39NO3. The number of rotatable bonds is 12. The SMILES string of the molecule is COc1cc(OC(C)CCCC(C)C)ccc1CCC(N)(CO)C(C)C. The second-order valence-electron chi connectivity index (χ2n) is 8.27. The number of aliphatic hydroxyl groups excluding tert-OH is 1. The molecule has 0 fully saturated rings. The molecule has 3 N–H and O–H groups in total. The lowest BCUT2D eigenvalue weighted by atomic mass is 9.83. The van der Waals surface area contributed by atoms with Crippen LogP contribution in [0.2, 0.25) is 0 Å². The maximum absolute atomic E-state index is 9.63. The minimum atomic E-state index is -0.564. The molecule has 0 aromatic heterocycles. The fraction of sp³-hybridized carbons (Fsp3) is 0.727. The van der Waals surface area contributed by atoms with Gasteiger partial charge in [-0.05, 0) is 56.1 Å². The number of methoxy groups -OCH3 is 1. The van der Waals surface area contributed by atoms with E-state index in [1.165, 1.54) is 12.8 Å². The van der Waals surface area contributed by atoms with E-state index in [2.05, 4.69) is 20.8 Å². The standard InChI is InChI=1S/C22H39NO3/c1-16(2)8-7-9-18(5)26-20-11-10-19(21(14-20)25-6)12-13-22(23,15-24)17(3)4/h10-11,14,16-18,24H,7-9,12-13,15,23H2,1-6H3. The number of hydrogen-bond acceptors (Lipinski definition) is 4. The summed E-state index contributed by atoms with van der Waals surface area (Å²) in [4.78, 5) is 0. The van der Waals surface area contributed by atoms with Crippen molar-refractivity contribution < 1.29 is 14.6 Å². The zero-order chi connectivity index (χ0) is 19.7. The van der Waals surface area contributed by atoms with Crippen molar-refractivity contribution in [1.29, 1.82) is 0 Å². The Morgan fingerprint density at radius 3 is 2.35 bits per heavy atom. The largest absolute Gasteiger partial charge is 0.496 e. The third-order valence-corrected chi connectivity index (χ3v) is 5.29. The molecule has 1 rings (SSSR count). The first kappa shape index (κ1) is 22.8. The highest BCUT2D eigenvalue weighted by Crippen LogP contribution is 2.29. The lowest BCUT2D eigenvalue weighted by Crippen LogP contribution is -2.48. The van der Waals surface area contributed by atoms with Gasteiger partial charge in [0.05, 0.1) is 19.8 Å². The molecule has 1 aromatic rings. The molecule has 0 saturated carbocycles. The Balaban J connectivity index is 2.69. The molecule has 0 aliphatic rings. The summed E-state index contributed by atoms with van der Waals surface area (Å²) in [6.07, 6.45) is 5.14. The first-order valence-electron chi connectivity index (χ1n) is 9.95. The van der Waals surface area contributed by atoms with E-state index >= 15 is 0 Å². The number of benzene rings is 1. The van der Waals surface area contributed by atoms with Crippen LogP contribution in [-0.4, -0.2) is 30.5 Å². The summed E-state index contributed by atoms with van der Waals surface area (Å²) in [5.41, 5.74) is 6.86. The Morgan fingerprint density at radius 2 is 1.81 bits per heavy atom. The molecule has 0 bridgehead atoms. The molecule has 0 heterocycles. The minimum absolute atomic E-state index is 0.0118. The maximum atomic E-state index is 9.63. The summed E-state index contributed by atoms with van der Waals surface area (Å²) in [7, 11) is 1.68. The molecule has 2 atom stereocenters. The first-order chi connectivity index (χ1) is 12.2. The van der Waals surface area contributed by atoms with Crippen LogP contribution in [0, 0.1) is 11.8 Å². The molecule has 0 saturated heterocycles. The molecular weight excluding hydrogens is 326 g/mol. The van der Waals surface area contributed by atoms with Crippen LogP contribution in [-0.2, 0) is 6.42 Å². The molecule has 26 heavy (non-hydrogen) atoms. The average Bonchev–Trinajstić information content (AvgIpc) is 2.59. The summed E-state index contributed by atoms with van der Waals surface area (Å²) in [5, 5.41) is 9.63. The number of ether oxygens (including phenoxy) is 2. The summed E-state index contributed by atoms with van der Waals surface area (Å²) in [6.45, 7) is 10.7. The minimum Gasteiger partial charge on any atom is -0.496 e. The van der Waals surface area contributed by atoms with E-state index < -0.39 is 5.54 Å². The maximum Gasteiger partial charge on any atom is 0.125 e. The Morgan fingerprint density at radius 1 is 1.12 bits per heavy atom. The van der Waals surface area contributed by atoms with E-state index in [0.717, 1.165) is 35.8 Å². The van der Waals surface area contributed by atoms with E-state index in [4.69, 9.17) is 15.2 Å². The van der Waals surface area contributed by atoms with Gasteiger partial charge in [0, 0.05) is 11.6 Å². The Hall–Kier alpha value is -1.26. The van der Waals surface area contributed by atoms with Gasteiger partial charge in [0.1, 0.15) is 11.5 Å². The fourth-order valence-electron chi connectivity index (χ4n) is 3.03. The van der Waals surface area contributed by atoms with Crippen LogP contribution in [0.1, 0.15) is 65.9 Å². The summed E-state index contributed by atoms with van der Waals surface area (Å²) in [6, 6.07) is 6.01.